The van der Waals surface area contributed by atoms with E-state index in [1.165, 1.54) is 19.3 Å². The molecule has 0 aromatic heterocycles. The first kappa shape index (κ1) is 20.4. The number of benzene rings is 1. The van der Waals surface area contributed by atoms with E-state index >= 15 is 0 Å². The highest BCUT2D eigenvalue weighted by molar-refractivity contribution is 7.80. The first-order valence-electron chi connectivity index (χ1n) is 9.35. The van der Waals surface area contributed by atoms with Crippen LogP contribution in [0.1, 0.15) is 62.7 Å². The molecule has 0 spiro atoms. The van der Waals surface area contributed by atoms with Crippen molar-refractivity contribution in [2.75, 3.05) is 12.4 Å². The molecule has 0 bridgehead atoms. The van der Waals surface area contributed by atoms with Crippen molar-refractivity contribution in [1.82, 2.24) is 10.2 Å². The first-order valence-corrected chi connectivity index (χ1v) is 9.76. The maximum atomic E-state index is 13.0. The molecule has 1 aromatic rings. The Labute approximate surface area is 161 Å². The zero-order valence-electron chi connectivity index (χ0n) is 15.9. The van der Waals surface area contributed by atoms with Crippen molar-refractivity contribution >= 4 is 34.8 Å². The minimum atomic E-state index is -0.124. The third-order valence-electron chi connectivity index (χ3n) is 4.70. The third kappa shape index (κ3) is 5.80. The third-order valence-corrected chi connectivity index (χ3v) is 4.90. The second-order valence-corrected chi connectivity index (χ2v) is 7.76. The lowest BCUT2D eigenvalue weighted by Gasteiger charge is -2.31. The average molecular weight is 376 g/mol. The zero-order valence-corrected chi connectivity index (χ0v) is 16.7. The molecule has 0 aliphatic heterocycles. The minimum absolute atomic E-state index is 0.0173. The standard InChI is InChI=1S/C20H29N3O2S/c1-14(2)13-18(24)22-20(26)21-17-12-8-7-11-16(17)19(25)23(3)15-9-5-4-6-10-15/h7-8,11-12,14-15H,4-6,9-10,13H2,1-3H3,(H2,21,22,24,26). The van der Waals surface area contributed by atoms with E-state index in [0.29, 0.717) is 23.7 Å². The molecule has 0 saturated heterocycles. The van der Waals surface area contributed by atoms with Crippen molar-refractivity contribution in [3.8, 4) is 0 Å². The number of hydrogen-bond donors (Lipinski definition) is 2. The van der Waals surface area contributed by atoms with Crippen LogP contribution < -0.4 is 10.6 Å². The van der Waals surface area contributed by atoms with Crippen LogP contribution in [0.25, 0.3) is 0 Å². The molecule has 0 unspecified atom stereocenters. The van der Waals surface area contributed by atoms with Gasteiger partial charge in [-0.2, -0.15) is 0 Å². The molecule has 1 fully saturated rings. The van der Waals surface area contributed by atoms with E-state index in [1.807, 2.05) is 44.0 Å². The summed E-state index contributed by atoms with van der Waals surface area (Å²) in [5.41, 5.74) is 1.19. The Bertz CT molecular complexity index is 654. The van der Waals surface area contributed by atoms with Crippen LogP contribution in [-0.4, -0.2) is 34.9 Å². The Balaban J connectivity index is 2.05. The number of nitrogens with zero attached hydrogens (tertiary/aromatic N) is 1. The van der Waals surface area contributed by atoms with E-state index in [4.69, 9.17) is 12.2 Å². The monoisotopic (exact) mass is 375 g/mol. The van der Waals surface area contributed by atoms with Gasteiger partial charge < -0.3 is 15.5 Å². The van der Waals surface area contributed by atoms with Crippen LogP contribution in [0.5, 0.6) is 0 Å². The fourth-order valence-electron chi connectivity index (χ4n) is 3.30. The Morgan fingerprint density at radius 2 is 1.85 bits per heavy atom. The number of nitrogens with one attached hydrogen (secondary N) is 2. The normalized spacial score (nSPS) is 14.8. The smallest absolute Gasteiger partial charge is 0.255 e. The zero-order chi connectivity index (χ0) is 19.1. The number of anilines is 1. The Morgan fingerprint density at radius 1 is 1.19 bits per heavy atom. The lowest BCUT2D eigenvalue weighted by Crippen LogP contribution is -2.39. The van der Waals surface area contributed by atoms with Crippen molar-refractivity contribution in [3.63, 3.8) is 0 Å². The summed E-state index contributed by atoms with van der Waals surface area (Å²) in [6, 6.07) is 7.58. The molecule has 5 nitrogen and oxygen atoms in total. The number of rotatable bonds is 5. The first-order chi connectivity index (χ1) is 12.4. The van der Waals surface area contributed by atoms with Crippen LogP contribution >= 0.6 is 12.2 Å². The maximum absolute atomic E-state index is 13.0. The van der Waals surface area contributed by atoms with E-state index in [2.05, 4.69) is 10.6 Å². The van der Waals surface area contributed by atoms with Gasteiger partial charge in [-0.3, -0.25) is 9.59 Å². The molecule has 1 aromatic carbocycles. The van der Waals surface area contributed by atoms with E-state index < -0.39 is 0 Å². The molecule has 2 rings (SSSR count). The van der Waals surface area contributed by atoms with E-state index in [-0.39, 0.29) is 22.8 Å². The SMILES string of the molecule is CC(C)CC(=O)NC(=S)Nc1ccccc1C(=O)N(C)C1CCCCC1. The molecule has 2 amide bonds. The fraction of sp³-hybridized carbons (Fsp3) is 0.550. The molecular formula is C20H29N3O2S. The van der Waals surface area contributed by atoms with Crippen LogP contribution in [0.2, 0.25) is 0 Å². The van der Waals surface area contributed by atoms with Gasteiger partial charge in [-0.15, -0.1) is 0 Å². The molecule has 142 valence electrons. The Morgan fingerprint density at radius 3 is 2.50 bits per heavy atom. The number of hydrogen-bond acceptors (Lipinski definition) is 3. The summed E-state index contributed by atoms with van der Waals surface area (Å²) in [5, 5.41) is 5.90. The molecule has 26 heavy (non-hydrogen) atoms. The number of carbonyl (C=O) groups excluding carboxylic acids is 2. The van der Waals surface area contributed by atoms with Crippen molar-refractivity contribution in [2.24, 2.45) is 5.92 Å². The number of carbonyl (C=O) groups is 2. The van der Waals surface area contributed by atoms with Crippen LogP contribution in [0.3, 0.4) is 0 Å². The highest BCUT2D eigenvalue weighted by Gasteiger charge is 2.24. The summed E-state index contributed by atoms with van der Waals surface area (Å²) in [4.78, 5) is 26.7. The van der Waals surface area contributed by atoms with Gasteiger partial charge in [-0.1, -0.05) is 45.2 Å². The highest BCUT2D eigenvalue weighted by atomic mass is 32.1. The van der Waals surface area contributed by atoms with Gasteiger partial charge in [-0.25, -0.2) is 0 Å². The molecule has 1 saturated carbocycles. The highest BCUT2D eigenvalue weighted by Crippen LogP contribution is 2.25. The van der Waals surface area contributed by atoms with Crippen LogP contribution in [0, 0.1) is 5.92 Å². The summed E-state index contributed by atoms with van der Waals surface area (Å²) in [5.74, 6) is 0.118. The summed E-state index contributed by atoms with van der Waals surface area (Å²) < 4.78 is 0. The largest absolute Gasteiger partial charge is 0.339 e. The minimum Gasteiger partial charge on any atom is -0.339 e. The molecular weight excluding hydrogens is 346 g/mol. The quantitative estimate of drug-likeness (QED) is 0.765. The summed E-state index contributed by atoms with van der Waals surface area (Å²) in [6.45, 7) is 3.95. The van der Waals surface area contributed by atoms with Crippen LogP contribution in [0.15, 0.2) is 24.3 Å². The Hall–Kier alpha value is -1.95. The molecule has 1 aliphatic rings. The van der Waals surface area contributed by atoms with Gasteiger partial charge in [0.2, 0.25) is 5.91 Å². The second-order valence-electron chi connectivity index (χ2n) is 7.35. The van der Waals surface area contributed by atoms with Crippen LogP contribution in [-0.2, 0) is 4.79 Å². The maximum Gasteiger partial charge on any atom is 0.255 e. The van der Waals surface area contributed by atoms with E-state index in [9.17, 15) is 9.59 Å². The molecule has 0 atom stereocenters. The predicted molar refractivity (Wildman–Crippen MR) is 109 cm³/mol. The second kappa shape index (κ2) is 9.67. The summed E-state index contributed by atoms with van der Waals surface area (Å²) in [7, 11) is 1.87. The van der Waals surface area contributed by atoms with Crippen LogP contribution in [0.4, 0.5) is 5.69 Å². The van der Waals surface area contributed by atoms with E-state index in [1.54, 1.807) is 6.07 Å². The molecule has 0 radical (unpaired) electrons. The van der Waals surface area contributed by atoms with Gasteiger partial charge in [-0.05, 0) is 43.1 Å². The number of amides is 2. The lowest BCUT2D eigenvalue weighted by molar-refractivity contribution is -0.120. The molecule has 1 aliphatic carbocycles. The fourth-order valence-corrected chi connectivity index (χ4v) is 3.53. The van der Waals surface area contributed by atoms with E-state index in [0.717, 1.165) is 12.8 Å². The molecule has 0 heterocycles. The van der Waals surface area contributed by atoms with Crippen molar-refractivity contribution in [1.29, 1.82) is 0 Å². The summed E-state index contributed by atoms with van der Waals surface area (Å²) >= 11 is 5.23. The number of thiocarbonyl (C=S) groups is 1. The lowest BCUT2D eigenvalue weighted by atomic mass is 9.94. The number of para-hydroxylation sites is 1. The Kier molecular flexibility index (Phi) is 7.57. The summed E-state index contributed by atoms with van der Waals surface area (Å²) in [6.07, 6.45) is 6.12. The van der Waals surface area contributed by atoms with Gasteiger partial charge in [0.15, 0.2) is 5.11 Å². The van der Waals surface area contributed by atoms with Crippen molar-refractivity contribution in [3.05, 3.63) is 29.8 Å². The van der Waals surface area contributed by atoms with Crippen molar-refractivity contribution in [2.45, 2.75) is 58.4 Å². The van der Waals surface area contributed by atoms with Gasteiger partial charge >= 0.3 is 0 Å². The predicted octanol–water partition coefficient (Wildman–Crippen LogP) is 3.95. The van der Waals surface area contributed by atoms with Crippen molar-refractivity contribution < 1.29 is 9.59 Å². The molecule has 2 N–H and O–H groups in total. The topological polar surface area (TPSA) is 61.4 Å². The average Bonchev–Trinajstić information content (AvgIpc) is 2.60. The van der Waals surface area contributed by atoms with Gasteiger partial charge in [0.25, 0.3) is 5.91 Å². The van der Waals surface area contributed by atoms with Gasteiger partial charge in [0, 0.05) is 19.5 Å². The molecule has 6 heteroatoms. The van der Waals surface area contributed by atoms with Gasteiger partial charge in [0.05, 0.1) is 11.3 Å². The van der Waals surface area contributed by atoms with Gasteiger partial charge in [0.1, 0.15) is 0 Å².